The molecule has 0 saturated carbocycles. The third-order valence-electron chi connectivity index (χ3n) is 2.21. The number of esters is 1. The molecule has 0 heterocycles. The minimum absolute atomic E-state index is 0. The maximum atomic E-state index is 11.4. The average Bonchev–Trinajstić information content (AvgIpc) is 2.37. The van der Waals surface area contributed by atoms with Gasteiger partial charge >= 0.3 is 12.1 Å². The van der Waals surface area contributed by atoms with Crippen molar-refractivity contribution in [3.63, 3.8) is 0 Å². The molecule has 0 bridgehead atoms. The highest BCUT2D eigenvalue weighted by molar-refractivity contribution is 5.85. The molecule has 0 aromatic heterocycles. The Morgan fingerprint density at radius 3 is 2.50 bits per heavy atom. The molecule has 3 N–H and O–H groups in total. The number of ether oxygens (including phenoxy) is 2. The SMILES string of the molecule is CCOC(=O)C[C@@H](N)NC(=O)OCc1ccccc1.Cl. The minimum Gasteiger partial charge on any atom is -0.466 e. The number of nitrogens with one attached hydrogen (secondary N) is 1. The highest BCUT2D eigenvalue weighted by Crippen LogP contribution is 2.00. The Hall–Kier alpha value is -1.79. The van der Waals surface area contributed by atoms with Gasteiger partial charge in [-0.1, -0.05) is 30.3 Å². The topological polar surface area (TPSA) is 90.6 Å². The lowest BCUT2D eigenvalue weighted by atomic mass is 10.2. The van der Waals surface area contributed by atoms with Crippen LogP contribution in [0.15, 0.2) is 30.3 Å². The number of hydrogen-bond donors (Lipinski definition) is 2. The summed E-state index contributed by atoms with van der Waals surface area (Å²) in [5, 5.41) is 2.36. The van der Waals surface area contributed by atoms with Crippen LogP contribution in [-0.2, 0) is 20.9 Å². The monoisotopic (exact) mass is 302 g/mol. The van der Waals surface area contributed by atoms with E-state index in [9.17, 15) is 9.59 Å². The molecule has 0 aliphatic rings. The van der Waals surface area contributed by atoms with Crippen molar-refractivity contribution in [2.75, 3.05) is 6.61 Å². The van der Waals surface area contributed by atoms with E-state index >= 15 is 0 Å². The second-order valence-electron chi connectivity index (χ2n) is 3.82. The van der Waals surface area contributed by atoms with Crippen molar-refractivity contribution in [1.29, 1.82) is 0 Å². The zero-order valence-electron chi connectivity index (χ0n) is 11.2. The van der Waals surface area contributed by atoms with Gasteiger partial charge in [0.05, 0.1) is 19.2 Å². The highest BCUT2D eigenvalue weighted by atomic mass is 35.5. The number of alkyl carbamates (subject to hydrolysis) is 1. The summed E-state index contributed by atoms with van der Waals surface area (Å²) in [6.07, 6.45) is -1.57. The molecule has 0 aliphatic carbocycles. The maximum Gasteiger partial charge on any atom is 0.408 e. The predicted octanol–water partition coefficient (Wildman–Crippen LogP) is 1.57. The molecule has 112 valence electrons. The molecule has 0 spiro atoms. The fourth-order valence-electron chi connectivity index (χ4n) is 1.37. The van der Waals surface area contributed by atoms with Gasteiger partial charge in [0, 0.05) is 0 Å². The first-order valence-corrected chi connectivity index (χ1v) is 6.00. The maximum absolute atomic E-state index is 11.4. The summed E-state index contributed by atoms with van der Waals surface area (Å²) in [7, 11) is 0. The normalized spacial score (nSPS) is 10.9. The fraction of sp³-hybridized carbons (Fsp3) is 0.385. The van der Waals surface area contributed by atoms with Gasteiger partial charge in [0.2, 0.25) is 0 Å². The molecule has 20 heavy (non-hydrogen) atoms. The molecular formula is C13H19ClN2O4. The van der Waals surface area contributed by atoms with E-state index in [4.69, 9.17) is 15.2 Å². The Bertz CT molecular complexity index is 414. The van der Waals surface area contributed by atoms with Gasteiger partial charge in [-0.05, 0) is 12.5 Å². The van der Waals surface area contributed by atoms with Crippen LogP contribution in [-0.4, -0.2) is 24.8 Å². The summed E-state index contributed by atoms with van der Waals surface area (Å²) in [6.45, 7) is 2.13. The molecule has 1 aromatic rings. The summed E-state index contributed by atoms with van der Waals surface area (Å²) >= 11 is 0. The van der Waals surface area contributed by atoms with E-state index in [-0.39, 0.29) is 32.0 Å². The summed E-state index contributed by atoms with van der Waals surface area (Å²) in [5.74, 6) is -0.460. The van der Waals surface area contributed by atoms with Crippen LogP contribution in [0.25, 0.3) is 0 Å². The van der Waals surface area contributed by atoms with Gasteiger partial charge in [0.15, 0.2) is 0 Å². The number of halogens is 1. The molecule has 0 aliphatic heterocycles. The van der Waals surface area contributed by atoms with Crippen LogP contribution in [0.1, 0.15) is 18.9 Å². The van der Waals surface area contributed by atoms with E-state index in [0.717, 1.165) is 5.56 Å². The van der Waals surface area contributed by atoms with E-state index < -0.39 is 18.2 Å². The number of amides is 1. The molecular weight excluding hydrogens is 284 g/mol. The number of hydrogen-bond acceptors (Lipinski definition) is 5. The largest absolute Gasteiger partial charge is 0.466 e. The second-order valence-corrected chi connectivity index (χ2v) is 3.82. The molecule has 1 aromatic carbocycles. The molecule has 1 amide bonds. The molecule has 7 heteroatoms. The Morgan fingerprint density at radius 2 is 1.90 bits per heavy atom. The van der Waals surface area contributed by atoms with Crippen molar-refractivity contribution in [2.24, 2.45) is 5.73 Å². The van der Waals surface area contributed by atoms with E-state index in [1.165, 1.54) is 0 Å². The van der Waals surface area contributed by atoms with Crippen molar-refractivity contribution >= 4 is 24.5 Å². The van der Waals surface area contributed by atoms with Gasteiger partial charge in [-0.3, -0.25) is 4.79 Å². The number of nitrogens with two attached hydrogens (primary N) is 1. The van der Waals surface area contributed by atoms with Crippen LogP contribution < -0.4 is 11.1 Å². The van der Waals surface area contributed by atoms with Crippen LogP contribution in [0.2, 0.25) is 0 Å². The van der Waals surface area contributed by atoms with Crippen molar-refractivity contribution in [3.05, 3.63) is 35.9 Å². The van der Waals surface area contributed by atoms with Crippen LogP contribution >= 0.6 is 12.4 Å². The molecule has 1 rings (SSSR count). The molecule has 1 atom stereocenters. The minimum atomic E-state index is -0.817. The van der Waals surface area contributed by atoms with Gasteiger partial charge in [0.1, 0.15) is 6.61 Å². The summed E-state index contributed by atoms with van der Waals surface area (Å²) in [5.41, 5.74) is 6.43. The second kappa shape index (κ2) is 10.1. The fourth-order valence-corrected chi connectivity index (χ4v) is 1.37. The summed E-state index contributed by atoms with van der Waals surface area (Å²) in [6, 6.07) is 9.25. The van der Waals surface area contributed by atoms with Crippen LogP contribution in [0.3, 0.4) is 0 Å². The predicted molar refractivity (Wildman–Crippen MR) is 76.2 cm³/mol. The third-order valence-corrected chi connectivity index (χ3v) is 2.21. The number of carbonyl (C=O) groups is 2. The Labute approximate surface area is 124 Å². The van der Waals surface area contributed by atoms with Crippen molar-refractivity contribution < 1.29 is 19.1 Å². The Morgan fingerprint density at radius 1 is 1.25 bits per heavy atom. The van der Waals surface area contributed by atoms with Crippen molar-refractivity contribution in [2.45, 2.75) is 26.1 Å². The van der Waals surface area contributed by atoms with Crippen molar-refractivity contribution in [3.8, 4) is 0 Å². The van der Waals surface area contributed by atoms with E-state index in [2.05, 4.69) is 5.32 Å². The number of rotatable bonds is 6. The standard InChI is InChI=1S/C13H18N2O4.ClH/c1-2-18-12(16)8-11(14)15-13(17)19-9-10-6-4-3-5-7-10;/h3-7,11H,2,8-9,14H2,1H3,(H,15,17);1H/t11-;/m0./s1. The number of benzene rings is 1. The van der Waals surface area contributed by atoms with E-state index in [1.807, 2.05) is 30.3 Å². The molecule has 0 fully saturated rings. The van der Waals surface area contributed by atoms with Gasteiger partial charge in [0.25, 0.3) is 0 Å². The van der Waals surface area contributed by atoms with Gasteiger partial charge in [-0.15, -0.1) is 12.4 Å². The lowest BCUT2D eigenvalue weighted by Crippen LogP contribution is -2.43. The third kappa shape index (κ3) is 7.60. The zero-order valence-corrected chi connectivity index (χ0v) is 12.0. The zero-order chi connectivity index (χ0) is 14.1. The average molecular weight is 303 g/mol. The Balaban J connectivity index is 0.00000361. The van der Waals surface area contributed by atoms with Gasteiger partial charge in [-0.2, -0.15) is 0 Å². The first kappa shape index (κ1) is 18.2. The first-order valence-electron chi connectivity index (χ1n) is 6.00. The van der Waals surface area contributed by atoms with Crippen LogP contribution in [0, 0.1) is 0 Å². The lowest BCUT2D eigenvalue weighted by Gasteiger charge is -2.13. The smallest absolute Gasteiger partial charge is 0.408 e. The van der Waals surface area contributed by atoms with E-state index in [0.29, 0.717) is 0 Å². The van der Waals surface area contributed by atoms with Gasteiger partial charge < -0.3 is 20.5 Å². The number of carbonyl (C=O) groups excluding carboxylic acids is 2. The van der Waals surface area contributed by atoms with Gasteiger partial charge in [-0.25, -0.2) is 4.79 Å². The van der Waals surface area contributed by atoms with Crippen LogP contribution in [0.5, 0.6) is 0 Å². The quantitative estimate of drug-likeness (QED) is 0.615. The lowest BCUT2D eigenvalue weighted by molar-refractivity contribution is -0.143. The highest BCUT2D eigenvalue weighted by Gasteiger charge is 2.13. The summed E-state index contributed by atoms with van der Waals surface area (Å²) < 4.78 is 9.67. The molecule has 0 radical (unpaired) electrons. The first-order chi connectivity index (χ1) is 9.11. The molecule has 0 unspecified atom stereocenters. The Kier molecular flexibility index (Phi) is 9.15. The molecule has 6 nitrogen and oxygen atoms in total. The van der Waals surface area contributed by atoms with E-state index in [1.54, 1.807) is 6.92 Å². The summed E-state index contributed by atoms with van der Waals surface area (Å²) in [4.78, 5) is 22.5. The van der Waals surface area contributed by atoms with Crippen molar-refractivity contribution in [1.82, 2.24) is 5.32 Å². The van der Waals surface area contributed by atoms with Crippen LogP contribution in [0.4, 0.5) is 4.79 Å². The molecule has 0 saturated heterocycles.